The number of nitrogens with zero attached hydrogens (tertiary/aromatic N) is 1. The predicted octanol–water partition coefficient (Wildman–Crippen LogP) is 4.01. The monoisotopic (exact) mass is 361 g/mol. The largest absolute Gasteiger partial charge is 0.493 e. The van der Waals surface area contributed by atoms with Crippen LogP contribution in [-0.2, 0) is 6.42 Å². The molecule has 0 aromatic heterocycles. The maximum absolute atomic E-state index is 10.7. The van der Waals surface area contributed by atoms with E-state index in [1.54, 1.807) is 14.2 Å². The number of ether oxygens (including phenoxy) is 2. The summed E-state index contributed by atoms with van der Waals surface area (Å²) in [6.07, 6.45) is 1.02. The molecule has 2 atom stereocenters. The van der Waals surface area contributed by atoms with Crippen LogP contribution in [0.15, 0.2) is 36.4 Å². The molecule has 1 aliphatic heterocycles. The molecule has 4 nitrogen and oxygen atoms in total. The zero-order chi connectivity index (χ0) is 18.0. The summed E-state index contributed by atoms with van der Waals surface area (Å²) in [5.41, 5.74) is 3.33. The maximum Gasteiger partial charge on any atom is 0.161 e. The van der Waals surface area contributed by atoms with Crippen LogP contribution < -0.4 is 9.47 Å². The van der Waals surface area contributed by atoms with E-state index in [4.69, 9.17) is 21.1 Å². The Hall–Kier alpha value is -1.75. The van der Waals surface area contributed by atoms with Gasteiger partial charge in [-0.25, -0.2) is 0 Å². The Morgan fingerprint density at radius 1 is 1.16 bits per heavy atom. The molecule has 1 N–H and O–H groups in total. The smallest absolute Gasteiger partial charge is 0.161 e. The molecule has 0 aliphatic carbocycles. The maximum atomic E-state index is 10.7. The van der Waals surface area contributed by atoms with Crippen LogP contribution in [0.4, 0.5) is 0 Å². The molecular weight excluding hydrogens is 338 g/mol. The molecule has 3 rings (SSSR count). The summed E-state index contributed by atoms with van der Waals surface area (Å²) in [5, 5.41) is 11.4. The lowest BCUT2D eigenvalue weighted by molar-refractivity contribution is 0.109. The molecule has 0 bridgehead atoms. The Kier molecular flexibility index (Phi) is 5.52. The van der Waals surface area contributed by atoms with Crippen LogP contribution in [0, 0.1) is 0 Å². The van der Waals surface area contributed by atoms with Crippen molar-refractivity contribution in [3.63, 3.8) is 0 Å². The second-order valence-electron chi connectivity index (χ2n) is 6.46. The van der Waals surface area contributed by atoms with Gasteiger partial charge in [-0.15, -0.1) is 0 Å². The van der Waals surface area contributed by atoms with Crippen molar-refractivity contribution < 1.29 is 14.6 Å². The molecule has 5 heteroatoms. The second-order valence-corrected chi connectivity index (χ2v) is 6.89. The van der Waals surface area contributed by atoms with E-state index in [-0.39, 0.29) is 6.04 Å². The first-order chi connectivity index (χ1) is 12.0. The lowest BCUT2D eigenvalue weighted by atomic mass is 9.88. The van der Waals surface area contributed by atoms with Crippen molar-refractivity contribution in [2.24, 2.45) is 0 Å². The molecule has 25 heavy (non-hydrogen) atoms. The number of rotatable bonds is 5. The number of halogens is 1. The van der Waals surface area contributed by atoms with Gasteiger partial charge >= 0.3 is 0 Å². The normalized spacial score (nSPS) is 18.5. The van der Waals surface area contributed by atoms with E-state index in [0.29, 0.717) is 11.4 Å². The third kappa shape index (κ3) is 3.76. The number of methoxy groups -OCH3 is 2. The van der Waals surface area contributed by atoms with Crippen LogP contribution in [0.3, 0.4) is 0 Å². The van der Waals surface area contributed by atoms with Crippen molar-refractivity contribution >= 4 is 11.6 Å². The summed E-state index contributed by atoms with van der Waals surface area (Å²) in [4.78, 5) is 2.29. The minimum Gasteiger partial charge on any atom is -0.493 e. The zero-order valence-corrected chi connectivity index (χ0v) is 15.6. The van der Waals surface area contributed by atoms with E-state index in [9.17, 15) is 5.11 Å². The predicted molar refractivity (Wildman–Crippen MR) is 99.6 cm³/mol. The quantitative estimate of drug-likeness (QED) is 0.873. The number of aliphatic hydroxyl groups is 1. The Labute approximate surface area is 153 Å². The lowest BCUT2D eigenvalue weighted by Gasteiger charge is -2.36. The topological polar surface area (TPSA) is 41.9 Å². The standard InChI is InChI=1S/C20H24ClNO3/c1-22-9-8-14-10-19(24-2)20(25-3)11-16(14)17(22)12-18(23)13-4-6-15(21)7-5-13/h4-7,10-11,17-18,23H,8-9,12H2,1-3H3/t17-,18+/m0/s1. The van der Waals surface area contributed by atoms with E-state index >= 15 is 0 Å². The van der Waals surface area contributed by atoms with Gasteiger partial charge in [0.05, 0.1) is 20.3 Å². The zero-order valence-electron chi connectivity index (χ0n) is 14.8. The average Bonchev–Trinajstić information content (AvgIpc) is 2.63. The molecule has 0 saturated heterocycles. The summed E-state index contributed by atoms with van der Waals surface area (Å²) in [7, 11) is 5.40. The fraction of sp³-hybridized carbons (Fsp3) is 0.400. The first kappa shape index (κ1) is 18.1. The van der Waals surface area contributed by atoms with E-state index in [1.165, 1.54) is 11.1 Å². The fourth-order valence-electron chi connectivity index (χ4n) is 3.49. The third-order valence-electron chi connectivity index (χ3n) is 4.97. The van der Waals surface area contributed by atoms with Gasteiger partial charge in [0, 0.05) is 17.6 Å². The number of benzene rings is 2. The van der Waals surface area contributed by atoms with Crippen LogP contribution in [0.1, 0.15) is 35.3 Å². The average molecular weight is 362 g/mol. The summed E-state index contributed by atoms with van der Waals surface area (Å²) in [6.45, 7) is 0.945. The summed E-state index contributed by atoms with van der Waals surface area (Å²) >= 11 is 5.94. The molecule has 134 valence electrons. The number of fused-ring (bicyclic) bond motifs is 1. The first-order valence-corrected chi connectivity index (χ1v) is 8.79. The molecule has 0 amide bonds. The van der Waals surface area contributed by atoms with Gasteiger partial charge in [0.25, 0.3) is 0 Å². The number of hydrogen-bond donors (Lipinski definition) is 1. The molecule has 0 radical (unpaired) electrons. The van der Waals surface area contributed by atoms with Gasteiger partial charge in [0.1, 0.15) is 0 Å². The molecule has 1 heterocycles. The van der Waals surface area contributed by atoms with Gasteiger partial charge in [-0.05, 0) is 60.8 Å². The second kappa shape index (κ2) is 7.65. The van der Waals surface area contributed by atoms with Crippen LogP contribution >= 0.6 is 11.6 Å². The molecule has 2 aromatic rings. The summed E-state index contributed by atoms with van der Waals surface area (Å²) in [5.74, 6) is 1.48. The highest BCUT2D eigenvalue weighted by Gasteiger charge is 2.29. The van der Waals surface area contributed by atoms with Crippen molar-refractivity contribution in [2.75, 3.05) is 27.8 Å². The molecule has 0 spiro atoms. The minimum atomic E-state index is -0.552. The van der Waals surface area contributed by atoms with Gasteiger partial charge in [-0.3, -0.25) is 4.90 Å². The van der Waals surface area contributed by atoms with Crippen LogP contribution in [0.25, 0.3) is 0 Å². The van der Waals surface area contributed by atoms with Crippen molar-refractivity contribution in [3.8, 4) is 11.5 Å². The third-order valence-corrected chi connectivity index (χ3v) is 5.22. The molecular formula is C20H24ClNO3. The van der Waals surface area contributed by atoms with Gasteiger partial charge in [0.15, 0.2) is 11.5 Å². The van der Waals surface area contributed by atoms with Gasteiger partial charge in [-0.2, -0.15) is 0 Å². The number of hydrogen-bond acceptors (Lipinski definition) is 4. The van der Waals surface area contributed by atoms with Crippen molar-refractivity contribution in [2.45, 2.75) is 25.0 Å². The lowest BCUT2D eigenvalue weighted by Crippen LogP contribution is -2.33. The SMILES string of the molecule is COc1cc2c(cc1OC)[C@H](C[C@@H](O)c1ccc(Cl)cc1)N(C)CC2. The van der Waals surface area contributed by atoms with E-state index in [2.05, 4.69) is 18.0 Å². The van der Waals surface area contributed by atoms with Crippen molar-refractivity contribution in [3.05, 3.63) is 58.1 Å². The number of likely N-dealkylation sites (N-methyl/N-ethyl adjacent to an activating group) is 1. The molecule has 1 aliphatic rings. The van der Waals surface area contributed by atoms with Gasteiger partial charge < -0.3 is 14.6 Å². The Balaban J connectivity index is 1.90. The molecule has 0 fully saturated rings. The molecule has 2 aromatic carbocycles. The van der Waals surface area contributed by atoms with Crippen molar-refractivity contribution in [1.82, 2.24) is 4.90 Å². The Morgan fingerprint density at radius 2 is 1.80 bits per heavy atom. The van der Waals surface area contributed by atoms with E-state index in [0.717, 1.165) is 30.0 Å². The Bertz CT molecular complexity index is 732. The highest BCUT2D eigenvalue weighted by Crippen LogP contribution is 2.40. The highest BCUT2D eigenvalue weighted by atomic mass is 35.5. The fourth-order valence-corrected chi connectivity index (χ4v) is 3.62. The van der Waals surface area contributed by atoms with Crippen LogP contribution in [-0.4, -0.2) is 37.8 Å². The van der Waals surface area contributed by atoms with E-state index < -0.39 is 6.10 Å². The van der Waals surface area contributed by atoms with Crippen molar-refractivity contribution in [1.29, 1.82) is 0 Å². The Morgan fingerprint density at radius 3 is 2.44 bits per heavy atom. The van der Waals surface area contributed by atoms with Gasteiger partial charge in [0.2, 0.25) is 0 Å². The first-order valence-electron chi connectivity index (χ1n) is 8.42. The summed E-state index contributed by atoms with van der Waals surface area (Å²) in [6, 6.07) is 11.6. The number of aliphatic hydroxyl groups excluding tert-OH is 1. The van der Waals surface area contributed by atoms with Crippen LogP contribution in [0.2, 0.25) is 5.02 Å². The molecule has 0 saturated carbocycles. The van der Waals surface area contributed by atoms with E-state index in [1.807, 2.05) is 30.3 Å². The minimum absolute atomic E-state index is 0.120. The van der Waals surface area contributed by atoms with Crippen LogP contribution in [0.5, 0.6) is 11.5 Å². The summed E-state index contributed by atoms with van der Waals surface area (Å²) < 4.78 is 10.9. The highest BCUT2D eigenvalue weighted by molar-refractivity contribution is 6.30. The molecule has 0 unspecified atom stereocenters. The van der Waals surface area contributed by atoms with Gasteiger partial charge in [-0.1, -0.05) is 23.7 Å².